The van der Waals surface area contributed by atoms with E-state index in [1.807, 2.05) is 25.2 Å². The lowest BCUT2D eigenvalue weighted by atomic mass is 10.1. The SMILES string of the molecule is CNC(COC)Cc1nc(C2Cc3ccccc3O2)no1. The number of ether oxygens (including phenoxy) is 2. The topological polar surface area (TPSA) is 69.4 Å². The zero-order chi connectivity index (χ0) is 14.7. The van der Waals surface area contributed by atoms with E-state index in [1.54, 1.807) is 7.11 Å². The van der Waals surface area contributed by atoms with E-state index in [1.165, 1.54) is 5.56 Å². The Hall–Kier alpha value is -1.92. The Balaban J connectivity index is 1.66. The van der Waals surface area contributed by atoms with Gasteiger partial charge < -0.3 is 19.3 Å². The van der Waals surface area contributed by atoms with Crippen LogP contribution in [0.25, 0.3) is 0 Å². The number of para-hydroxylation sites is 1. The maximum Gasteiger partial charge on any atom is 0.228 e. The van der Waals surface area contributed by atoms with Gasteiger partial charge in [-0.25, -0.2) is 0 Å². The molecule has 1 aromatic carbocycles. The highest BCUT2D eigenvalue weighted by atomic mass is 16.5. The van der Waals surface area contributed by atoms with Crippen molar-refractivity contribution < 1.29 is 14.0 Å². The van der Waals surface area contributed by atoms with Crippen LogP contribution in [0.3, 0.4) is 0 Å². The first-order valence-electron chi connectivity index (χ1n) is 7.03. The molecule has 0 radical (unpaired) electrons. The molecule has 0 saturated carbocycles. The van der Waals surface area contributed by atoms with Crippen LogP contribution in [0.5, 0.6) is 5.75 Å². The van der Waals surface area contributed by atoms with E-state index in [0.717, 1.165) is 12.2 Å². The Morgan fingerprint density at radius 3 is 3.05 bits per heavy atom. The predicted molar refractivity (Wildman–Crippen MR) is 76.2 cm³/mol. The normalized spacial score (nSPS) is 18.3. The Kier molecular flexibility index (Phi) is 4.17. The van der Waals surface area contributed by atoms with Gasteiger partial charge in [0.25, 0.3) is 0 Å². The van der Waals surface area contributed by atoms with Crippen LogP contribution in [0, 0.1) is 0 Å². The molecule has 0 aliphatic carbocycles. The number of fused-ring (bicyclic) bond motifs is 1. The minimum atomic E-state index is -0.157. The van der Waals surface area contributed by atoms with Gasteiger partial charge in [0.15, 0.2) is 6.10 Å². The van der Waals surface area contributed by atoms with Crippen molar-refractivity contribution in [3.63, 3.8) is 0 Å². The first-order chi connectivity index (χ1) is 10.3. The van der Waals surface area contributed by atoms with Crippen LogP contribution in [0.15, 0.2) is 28.8 Å². The molecule has 1 aliphatic rings. The van der Waals surface area contributed by atoms with Gasteiger partial charge in [-0.05, 0) is 18.7 Å². The van der Waals surface area contributed by atoms with Gasteiger partial charge in [0.2, 0.25) is 11.7 Å². The molecule has 0 spiro atoms. The van der Waals surface area contributed by atoms with Gasteiger partial charge in [-0.1, -0.05) is 23.4 Å². The number of nitrogens with zero attached hydrogens (tertiary/aromatic N) is 2. The zero-order valence-corrected chi connectivity index (χ0v) is 12.2. The highest BCUT2D eigenvalue weighted by molar-refractivity contribution is 5.37. The smallest absolute Gasteiger partial charge is 0.228 e. The van der Waals surface area contributed by atoms with Gasteiger partial charge >= 0.3 is 0 Å². The maximum atomic E-state index is 5.86. The van der Waals surface area contributed by atoms with Crippen LogP contribution in [0.4, 0.5) is 0 Å². The highest BCUT2D eigenvalue weighted by Gasteiger charge is 2.28. The quantitative estimate of drug-likeness (QED) is 0.869. The Morgan fingerprint density at radius 2 is 2.29 bits per heavy atom. The molecule has 6 nitrogen and oxygen atoms in total. The van der Waals surface area contributed by atoms with Gasteiger partial charge in [0.1, 0.15) is 5.75 Å². The summed E-state index contributed by atoms with van der Waals surface area (Å²) in [6.07, 6.45) is 1.26. The van der Waals surface area contributed by atoms with Crippen LogP contribution < -0.4 is 10.1 Å². The number of likely N-dealkylation sites (N-methyl/N-ethyl adjacent to an activating group) is 1. The summed E-state index contributed by atoms with van der Waals surface area (Å²) in [5, 5.41) is 7.21. The van der Waals surface area contributed by atoms with Crippen molar-refractivity contribution in [1.82, 2.24) is 15.5 Å². The molecule has 2 atom stereocenters. The fourth-order valence-electron chi connectivity index (χ4n) is 2.46. The second kappa shape index (κ2) is 6.24. The van der Waals surface area contributed by atoms with E-state index in [0.29, 0.717) is 24.7 Å². The zero-order valence-electron chi connectivity index (χ0n) is 12.2. The second-order valence-electron chi connectivity index (χ2n) is 5.11. The Labute approximate surface area is 123 Å². The molecular formula is C15H19N3O3. The molecule has 0 saturated heterocycles. The van der Waals surface area contributed by atoms with Crippen LogP contribution in [0.2, 0.25) is 0 Å². The summed E-state index contributed by atoms with van der Waals surface area (Å²) in [5.74, 6) is 2.11. The van der Waals surface area contributed by atoms with Crippen molar-refractivity contribution in [3.05, 3.63) is 41.5 Å². The van der Waals surface area contributed by atoms with E-state index in [-0.39, 0.29) is 12.1 Å². The van der Waals surface area contributed by atoms with Crippen molar-refractivity contribution >= 4 is 0 Å². The predicted octanol–water partition coefficient (Wildman–Crippen LogP) is 1.52. The van der Waals surface area contributed by atoms with Gasteiger partial charge in [-0.3, -0.25) is 0 Å². The molecule has 1 N–H and O–H groups in total. The first-order valence-corrected chi connectivity index (χ1v) is 7.03. The molecule has 6 heteroatoms. The minimum Gasteiger partial charge on any atom is -0.482 e. The molecule has 0 amide bonds. The molecule has 3 rings (SSSR count). The monoisotopic (exact) mass is 289 g/mol. The molecule has 2 unspecified atom stereocenters. The third-order valence-corrected chi connectivity index (χ3v) is 3.62. The average Bonchev–Trinajstić information content (AvgIpc) is 3.12. The molecule has 1 aromatic heterocycles. The van der Waals surface area contributed by atoms with Crippen molar-refractivity contribution in [2.45, 2.75) is 25.0 Å². The number of methoxy groups -OCH3 is 1. The molecule has 1 aliphatic heterocycles. The summed E-state index contributed by atoms with van der Waals surface area (Å²) >= 11 is 0. The summed E-state index contributed by atoms with van der Waals surface area (Å²) in [7, 11) is 3.56. The minimum absolute atomic E-state index is 0.157. The summed E-state index contributed by atoms with van der Waals surface area (Å²) < 4.78 is 16.3. The lowest BCUT2D eigenvalue weighted by Gasteiger charge is -2.11. The fraction of sp³-hybridized carbons (Fsp3) is 0.467. The van der Waals surface area contributed by atoms with Crippen molar-refractivity contribution in [2.24, 2.45) is 0 Å². The van der Waals surface area contributed by atoms with Crippen LogP contribution >= 0.6 is 0 Å². The van der Waals surface area contributed by atoms with E-state index in [4.69, 9.17) is 14.0 Å². The number of aromatic nitrogens is 2. The van der Waals surface area contributed by atoms with Crippen molar-refractivity contribution in [3.8, 4) is 5.75 Å². The molecule has 0 bridgehead atoms. The average molecular weight is 289 g/mol. The molecule has 2 heterocycles. The summed E-state index contributed by atoms with van der Waals surface area (Å²) in [4.78, 5) is 4.45. The third kappa shape index (κ3) is 3.06. The van der Waals surface area contributed by atoms with E-state index >= 15 is 0 Å². The van der Waals surface area contributed by atoms with Crippen molar-refractivity contribution in [2.75, 3.05) is 20.8 Å². The van der Waals surface area contributed by atoms with Crippen molar-refractivity contribution in [1.29, 1.82) is 0 Å². The van der Waals surface area contributed by atoms with Gasteiger partial charge in [-0.15, -0.1) is 0 Å². The van der Waals surface area contributed by atoms with Gasteiger partial charge in [0.05, 0.1) is 6.61 Å². The highest BCUT2D eigenvalue weighted by Crippen LogP contribution is 2.35. The third-order valence-electron chi connectivity index (χ3n) is 3.62. The Bertz CT molecular complexity index is 574. The van der Waals surface area contributed by atoms with E-state index in [9.17, 15) is 0 Å². The number of hydrogen-bond acceptors (Lipinski definition) is 6. The van der Waals surface area contributed by atoms with E-state index in [2.05, 4.69) is 21.5 Å². The fourth-order valence-corrected chi connectivity index (χ4v) is 2.46. The van der Waals surface area contributed by atoms with Crippen LogP contribution in [-0.4, -0.2) is 36.9 Å². The lowest BCUT2D eigenvalue weighted by Crippen LogP contribution is -2.32. The van der Waals surface area contributed by atoms with Gasteiger partial charge in [-0.2, -0.15) is 4.98 Å². The molecular weight excluding hydrogens is 270 g/mol. The number of rotatable bonds is 6. The number of hydrogen-bond donors (Lipinski definition) is 1. The molecule has 2 aromatic rings. The first kappa shape index (κ1) is 14.0. The standard InChI is InChI=1S/C15H19N3O3/c1-16-11(9-19-2)8-14-17-15(18-21-14)13-7-10-5-3-4-6-12(10)20-13/h3-6,11,13,16H,7-9H2,1-2H3. The number of nitrogens with one attached hydrogen (secondary N) is 1. The summed E-state index contributed by atoms with van der Waals surface area (Å²) in [6, 6.07) is 8.15. The summed E-state index contributed by atoms with van der Waals surface area (Å²) in [6.45, 7) is 0.597. The molecule has 21 heavy (non-hydrogen) atoms. The lowest BCUT2D eigenvalue weighted by molar-refractivity contribution is 0.165. The van der Waals surface area contributed by atoms with Crippen LogP contribution in [0.1, 0.15) is 23.4 Å². The largest absolute Gasteiger partial charge is 0.482 e. The molecule has 112 valence electrons. The van der Waals surface area contributed by atoms with Crippen LogP contribution in [-0.2, 0) is 17.6 Å². The Morgan fingerprint density at radius 1 is 1.43 bits per heavy atom. The van der Waals surface area contributed by atoms with Gasteiger partial charge in [0, 0.05) is 26.0 Å². The second-order valence-corrected chi connectivity index (χ2v) is 5.11. The summed E-state index contributed by atoms with van der Waals surface area (Å²) in [5.41, 5.74) is 1.18. The molecule has 0 fully saturated rings. The number of benzene rings is 1. The van der Waals surface area contributed by atoms with E-state index < -0.39 is 0 Å². The maximum absolute atomic E-state index is 5.86.